The van der Waals surface area contributed by atoms with Crippen molar-refractivity contribution in [3.8, 4) is 5.75 Å². The SMILES string of the molecule is CCOC(=O)c1ccc2c(c1)nc(NCc1ncc(C)c(OC)c1C)n2CCC1=CCCCC1. The molecule has 0 spiro atoms. The number of aromatic nitrogens is 3. The monoisotopic (exact) mass is 462 g/mol. The number of benzene rings is 1. The Labute approximate surface area is 201 Å². The number of nitrogens with zero attached hydrogens (tertiary/aromatic N) is 3. The van der Waals surface area contributed by atoms with Gasteiger partial charge in [-0.3, -0.25) is 4.98 Å². The summed E-state index contributed by atoms with van der Waals surface area (Å²) in [5.41, 5.74) is 6.76. The number of anilines is 1. The average molecular weight is 463 g/mol. The molecule has 0 fully saturated rings. The molecule has 0 atom stereocenters. The number of esters is 1. The van der Waals surface area contributed by atoms with E-state index < -0.39 is 0 Å². The van der Waals surface area contributed by atoms with E-state index in [1.807, 2.05) is 45.2 Å². The molecule has 7 heteroatoms. The molecule has 1 aromatic carbocycles. The van der Waals surface area contributed by atoms with Gasteiger partial charge in [0.2, 0.25) is 5.95 Å². The summed E-state index contributed by atoms with van der Waals surface area (Å²) < 4.78 is 12.9. The highest BCUT2D eigenvalue weighted by atomic mass is 16.5. The Bertz CT molecular complexity index is 1210. The zero-order chi connectivity index (χ0) is 24.1. The van der Waals surface area contributed by atoms with Crippen molar-refractivity contribution in [3.63, 3.8) is 0 Å². The highest BCUT2D eigenvalue weighted by Gasteiger charge is 2.16. The third-order valence-electron chi connectivity index (χ3n) is 6.46. The van der Waals surface area contributed by atoms with Crippen LogP contribution in [0, 0.1) is 13.8 Å². The fraction of sp³-hybridized carbons (Fsp3) is 0.444. The second-order valence-corrected chi connectivity index (χ2v) is 8.77. The van der Waals surface area contributed by atoms with Gasteiger partial charge in [-0.25, -0.2) is 9.78 Å². The van der Waals surface area contributed by atoms with E-state index in [0.29, 0.717) is 18.7 Å². The quantitative estimate of drug-likeness (QED) is 0.323. The first-order valence-corrected chi connectivity index (χ1v) is 12.1. The summed E-state index contributed by atoms with van der Waals surface area (Å²) in [5.74, 6) is 1.31. The van der Waals surface area contributed by atoms with Crippen molar-refractivity contribution in [1.82, 2.24) is 14.5 Å². The number of nitrogens with one attached hydrogen (secondary N) is 1. The number of fused-ring (bicyclic) bond motifs is 1. The minimum atomic E-state index is -0.326. The molecule has 2 heterocycles. The molecular weight excluding hydrogens is 428 g/mol. The van der Waals surface area contributed by atoms with Crippen molar-refractivity contribution in [2.75, 3.05) is 19.0 Å². The Morgan fingerprint density at radius 1 is 1.24 bits per heavy atom. The van der Waals surface area contributed by atoms with Gasteiger partial charge in [-0.1, -0.05) is 11.6 Å². The number of hydrogen-bond donors (Lipinski definition) is 1. The van der Waals surface area contributed by atoms with Gasteiger partial charge < -0.3 is 19.4 Å². The molecule has 1 aliphatic carbocycles. The first-order chi connectivity index (χ1) is 16.5. The third-order valence-corrected chi connectivity index (χ3v) is 6.46. The van der Waals surface area contributed by atoms with Crippen molar-refractivity contribution >= 4 is 23.0 Å². The normalized spacial score (nSPS) is 13.6. The van der Waals surface area contributed by atoms with Crippen molar-refractivity contribution in [2.45, 2.75) is 66.0 Å². The van der Waals surface area contributed by atoms with Crippen LogP contribution in [0.25, 0.3) is 11.0 Å². The first-order valence-electron chi connectivity index (χ1n) is 12.1. The Kier molecular flexibility index (Phi) is 7.50. The Morgan fingerprint density at radius 2 is 2.09 bits per heavy atom. The fourth-order valence-electron chi connectivity index (χ4n) is 4.63. The highest BCUT2D eigenvalue weighted by Crippen LogP contribution is 2.27. The molecule has 0 amide bonds. The van der Waals surface area contributed by atoms with E-state index in [-0.39, 0.29) is 5.97 Å². The topological polar surface area (TPSA) is 78.3 Å². The number of carbonyl (C=O) groups excluding carboxylic acids is 1. The Morgan fingerprint density at radius 3 is 2.82 bits per heavy atom. The van der Waals surface area contributed by atoms with Gasteiger partial charge in [0.1, 0.15) is 5.75 Å². The molecule has 0 saturated heterocycles. The van der Waals surface area contributed by atoms with Crippen molar-refractivity contribution in [2.24, 2.45) is 0 Å². The maximum atomic E-state index is 12.2. The van der Waals surface area contributed by atoms with Gasteiger partial charge in [-0.15, -0.1) is 0 Å². The van der Waals surface area contributed by atoms with E-state index in [2.05, 4.69) is 20.9 Å². The van der Waals surface area contributed by atoms with Crippen LogP contribution < -0.4 is 10.1 Å². The Hall–Kier alpha value is -3.35. The summed E-state index contributed by atoms with van der Waals surface area (Å²) in [6, 6.07) is 5.60. The zero-order valence-corrected chi connectivity index (χ0v) is 20.6. The van der Waals surface area contributed by atoms with Crippen LogP contribution in [0.5, 0.6) is 5.75 Å². The maximum absolute atomic E-state index is 12.2. The van der Waals surface area contributed by atoms with Crippen molar-refractivity contribution in [1.29, 1.82) is 0 Å². The van der Waals surface area contributed by atoms with Gasteiger partial charge in [-0.2, -0.15) is 0 Å². The molecule has 180 valence electrons. The summed E-state index contributed by atoms with van der Waals surface area (Å²) >= 11 is 0. The number of carbonyl (C=O) groups is 1. The predicted octanol–water partition coefficient (Wildman–Crippen LogP) is 5.74. The van der Waals surface area contributed by atoms with Crippen LogP contribution in [0.4, 0.5) is 5.95 Å². The van der Waals surface area contributed by atoms with Gasteiger partial charge in [0.25, 0.3) is 0 Å². The lowest BCUT2D eigenvalue weighted by atomic mass is 9.97. The molecule has 0 unspecified atom stereocenters. The lowest BCUT2D eigenvalue weighted by Gasteiger charge is -2.16. The van der Waals surface area contributed by atoms with Crippen LogP contribution in [0.3, 0.4) is 0 Å². The summed E-state index contributed by atoms with van der Waals surface area (Å²) in [4.78, 5) is 21.7. The van der Waals surface area contributed by atoms with Crippen molar-refractivity contribution in [3.05, 3.63) is 58.4 Å². The minimum Gasteiger partial charge on any atom is -0.496 e. The van der Waals surface area contributed by atoms with Gasteiger partial charge in [0, 0.05) is 23.9 Å². The van der Waals surface area contributed by atoms with Crippen LogP contribution in [0.15, 0.2) is 36.0 Å². The second kappa shape index (κ2) is 10.7. The Balaban J connectivity index is 1.64. The molecular formula is C27H34N4O3. The molecule has 1 aliphatic rings. The number of hydrogen-bond acceptors (Lipinski definition) is 6. The smallest absolute Gasteiger partial charge is 0.338 e. The van der Waals surface area contributed by atoms with Crippen LogP contribution in [-0.4, -0.2) is 34.2 Å². The van der Waals surface area contributed by atoms with E-state index in [0.717, 1.165) is 52.5 Å². The number of ether oxygens (including phenoxy) is 2. The third kappa shape index (κ3) is 5.08. The van der Waals surface area contributed by atoms with E-state index in [9.17, 15) is 4.79 Å². The first kappa shape index (κ1) is 23.8. The molecule has 0 bridgehead atoms. The van der Waals surface area contributed by atoms with Crippen molar-refractivity contribution < 1.29 is 14.3 Å². The van der Waals surface area contributed by atoms with Crippen LogP contribution >= 0.6 is 0 Å². The number of imidazole rings is 1. The molecule has 0 saturated carbocycles. The van der Waals surface area contributed by atoms with Crippen LogP contribution in [0.2, 0.25) is 0 Å². The fourth-order valence-corrected chi connectivity index (χ4v) is 4.63. The molecule has 7 nitrogen and oxygen atoms in total. The van der Waals surface area contributed by atoms with Crippen LogP contribution in [-0.2, 0) is 17.8 Å². The van der Waals surface area contributed by atoms with E-state index in [4.69, 9.17) is 14.5 Å². The van der Waals surface area contributed by atoms with Gasteiger partial charge in [0.15, 0.2) is 0 Å². The van der Waals surface area contributed by atoms with Crippen LogP contribution in [0.1, 0.15) is 66.2 Å². The van der Waals surface area contributed by atoms with E-state index in [1.165, 1.54) is 31.3 Å². The highest BCUT2D eigenvalue weighted by molar-refractivity contribution is 5.94. The number of allylic oxidation sites excluding steroid dienone is 2. The van der Waals surface area contributed by atoms with E-state index in [1.54, 1.807) is 7.11 Å². The summed E-state index contributed by atoms with van der Waals surface area (Å²) in [6.07, 6.45) is 10.1. The summed E-state index contributed by atoms with van der Waals surface area (Å²) in [7, 11) is 1.69. The molecule has 0 aliphatic heterocycles. The minimum absolute atomic E-state index is 0.326. The second-order valence-electron chi connectivity index (χ2n) is 8.77. The number of aryl methyl sites for hydroxylation is 2. The number of pyridine rings is 1. The largest absolute Gasteiger partial charge is 0.496 e. The van der Waals surface area contributed by atoms with Gasteiger partial charge >= 0.3 is 5.97 Å². The molecule has 0 radical (unpaired) electrons. The lowest BCUT2D eigenvalue weighted by Crippen LogP contribution is -2.11. The molecule has 4 rings (SSSR count). The maximum Gasteiger partial charge on any atom is 0.338 e. The van der Waals surface area contributed by atoms with Gasteiger partial charge in [0.05, 0.1) is 42.6 Å². The number of rotatable bonds is 9. The molecule has 34 heavy (non-hydrogen) atoms. The van der Waals surface area contributed by atoms with Gasteiger partial charge in [-0.05, 0) is 71.1 Å². The zero-order valence-electron chi connectivity index (χ0n) is 20.6. The number of methoxy groups -OCH3 is 1. The standard InChI is InChI=1S/C27H34N4O3/c1-5-34-26(32)21-11-12-24-22(15-21)30-27(31(24)14-13-20-9-7-6-8-10-20)29-17-23-19(3)25(33-4)18(2)16-28-23/h9,11-12,15-16H,5-8,10,13-14,17H2,1-4H3,(H,29,30). The summed E-state index contributed by atoms with van der Waals surface area (Å²) in [6.45, 7) is 7.53. The molecule has 1 N–H and O–H groups in total. The molecule has 3 aromatic rings. The van der Waals surface area contributed by atoms with E-state index >= 15 is 0 Å². The predicted molar refractivity (Wildman–Crippen MR) is 134 cm³/mol. The molecule has 2 aromatic heterocycles. The lowest BCUT2D eigenvalue weighted by molar-refractivity contribution is 0.0526. The average Bonchev–Trinajstić information content (AvgIpc) is 3.20. The summed E-state index contributed by atoms with van der Waals surface area (Å²) in [5, 5.41) is 3.49.